The van der Waals surface area contributed by atoms with Crippen LogP contribution in [0.1, 0.15) is 69.9 Å². The van der Waals surface area contributed by atoms with Gasteiger partial charge in [-0.1, -0.05) is 37.4 Å². The molecule has 0 aliphatic heterocycles. The van der Waals surface area contributed by atoms with Crippen molar-refractivity contribution in [1.29, 1.82) is 0 Å². The third kappa shape index (κ3) is 9.93. The molecule has 0 amide bonds. The molecule has 2 aromatic rings. The van der Waals surface area contributed by atoms with Crippen molar-refractivity contribution >= 4 is 11.9 Å². The lowest BCUT2D eigenvalue weighted by molar-refractivity contribution is -0.147. The van der Waals surface area contributed by atoms with Gasteiger partial charge in [0.2, 0.25) is 0 Å². The van der Waals surface area contributed by atoms with Gasteiger partial charge < -0.3 is 28.4 Å². The fourth-order valence-corrected chi connectivity index (χ4v) is 6.33. The van der Waals surface area contributed by atoms with E-state index in [1.54, 1.807) is 13.8 Å². The van der Waals surface area contributed by atoms with Crippen LogP contribution in [-0.4, -0.2) is 62.8 Å². The average Bonchev–Trinajstić information content (AvgIpc) is 3.36. The Labute approximate surface area is 267 Å². The molecule has 2 aliphatic carbocycles. The Morgan fingerprint density at radius 1 is 0.667 bits per heavy atom. The normalized spacial score (nSPS) is 22.9. The van der Waals surface area contributed by atoms with E-state index in [-0.39, 0.29) is 24.4 Å². The van der Waals surface area contributed by atoms with Crippen LogP contribution in [0.4, 0.5) is 0 Å². The predicted molar refractivity (Wildman–Crippen MR) is 173 cm³/mol. The van der Waals surface area contributed by atoms with E-state index < -0.39 is 11.9 Å². The summed E-state index contributed by atoms with van der Waals surface area (Å²) in [6, 6.07) is 17.1. The average molecular weight is 621 g/mol. The van der Waals surface area contributed by atoms with Gasteiger partial charge in [0.1, 0.15) is 36.9 Å². The third-order valence-corrected chi connectivity index (χ3v) is 8.66. The molecule has 2 aromatic carbocycles. The Morgan fingerprint density at radius 2 is 1.11 bits per heavy atom. The zero-order valence-corrected chi connectivity index (χ0v) is 27.0. The van der Waals surface area contributed by atoms with Crippen LogP contribution in [0.25, 0.3) is 0 Å². The maximum atomic E-state index is 11.3. The van der Waals surface area contributed by atoms with Crippen molar-refractivity contribution in [3.8, 4) is 11.5 Å². The minimum atomic E-state index is -0.453. The fourth-order valence-electron chi connectivity index (χ4n) is 6.33. The summed E-state index contributed by atoms with van der Waals surface area (Å²) in [4.78, 5) is 22.6. The van der Waals surface area contributed by atoms with Crippen LogP contribution in [0.3, 0.4) is 0 Å². The number of carbonyl (C=O) groups excluding carboxylic acids is 2. The van der Waals surface area contributed by atoms with Crippen molar-refractivity contribution < 1.29 is 38.0 Å². The Kier molecular flexibility index (Phi) is 12.7. The highest BCUT2D eigenvalue weighted by Gasteiger charge is 2.50. The smallest absolute Gasteiger partial charge is 0.330 e. The summed E-state index contributed by atoms with van der Waals surface area (Å²) < 4.78 is 33.7. The largest absolute Gasteiger partial charge is 0.491 e. The first-order chi connectivity index (χ1) is 21.7. The quantitative estimate of drug-likeness (QED) is 0.133. The maximum Gasteiger partial charge on any atom is 0.330 e. The van der Waals surface area contributed by atoms with E-state index >= 15 is 0 Å². The second-order valence-corrected chi connectivity index (χ2v) is 12.3. The molecule has 0 heterocycles. The van der Waals surface area contributed by atoms with Crippen LogP contribution in [0, 0.1) is 11.8 Å². The van der Waals surface area contributed by atoms with Gasteiger partial charge in [0, 0.05) is 12.2 Å². The van der Waals surface area contributed by atoms with Crippen molar-refractivity contribution in [2.24, 2.45) is 11.8 Å². The Hall–Kier alpha value is -3.62. The van der Waals surface area contributed by atoms with E-state index in [2.05, 4.69) is 61.7 Å². The molecule has 0 saturated heterocycles. The number of rotatable bonds is 18. The molecular formula is C37H48O8. The van der Waals surface area contributed by atoms with Crippen molar-refractivity contribution in [3.05, 3.63) is 85.0 Å². The zero-order chi connectivity index (χ0) is 32.3. The van der Waals surface area contributed by atoms with Crippen molar-refractivity contribution in [3.63, 3.8) is 0 Å². The van der Waals surface area contributed by atoms with E-state index in [9.17, 15) is 9.59 Å². The van der Waals surface area contributed by atoms with Gasteiger partial charge in [0.25, 0.3) is 0 Å². The molecule has 8 unspecified atom stereocenters. The number of carbonyl (C=O) groups is 2. The minimum Gasteiger partial charge on any atom is -0.491 e. The molecule has 45 heavy (non-hydrogen) atoms. The lowest BCUT2D eigenvalue weighted by Gasteiger charge is -2.44. The minimum absolute atomic E-state index is 0.140. The monoisotopic (exact) mass is 620 g/mol. The number of esters is 2. The highest BCUT2D eigenvalue weighted by molar-refractivity contribution is 5.81. The molecule has 0 N–H and O–H groups in total. The van der Waals surface area contributed by atoms with E-state index in [4.69, 9.17) is 28.4 Å². The first-order valence-corrected chi connectivity index (χ1v) is 16.0. The number of fused-ring (bicyclic) bond motifs is 1. The van der Waals surface area contributed by atoms with E-state index in [1.807, 2.05) is 13.8 Å². The molecule has 4 rings (SSSR count). The summed E-state index contributed by atoms with van der Waals surface area (Å²) >= 11 is 0. The Morgan fingerprint density at radius 3 is 1.56 bits per heavy atom. The molecule has 8 heteroatoms. The van der Waals surface area contributed by atoms with Crippen LogP contribution in [-0.2, 0) is 28.5 Å². The van der Waals surface area contributed by atoms with Gasteiger partial charge in [-0.2, -0.15) is 0 Å². The van der Waals surface area contributed by atoms with Gasteiger partial charge in [-0.05, 0) is 106 Å². The third-order valence-electron chi connectivity index (χ3n) is 8.66. The zero-order valence-electron chi connectivity index (χ0n) is 27.0. The van der Waals surface area contributed by atoms with Crippen molar-refractivity contribution in [1.82, 2.24) is 0 Å². The molecule has 2 fully saturated rings. The highest BCUT2D eigenvalue weighted by atomic mass is 16.6. The summed E-state index contributed by atoms with van der Waals surface area (Å²) in [5.41, 5.74) is 2.75. The van der Waals surface area contributed by atoms with Crippen LogP contribution in [0.15, 0.2) is 73.8 Å². The SMILES string of the molecule is C=CC(=O)OC(C)COC(C)COc1ccc(C2CCC3CC(c4ccc(OCC(C)OCC(C)OC(=O)C=C)cc4)C32)cc1. The standard InChI is InChI=1S/C37H48O8/c1-7-35(38)44-26(5)22-40-24(3)20-42-31-14-9-28(10-15-31)33-18-13-30-19-34(37(30)33)29-11-16-32(17-12-29)43-21-25(4)41-23-27(6)45-36(39)8-2/h7-12,14-17,24-27,30,33-34,37H,1-2,13,18-23H2,3-6H3. The summed E-state index contributed by atoms with van der Waals surface area (Å²) in [6.45, 7) is 15.7. The number of ether oxygens (including phenoxy) is 6. The van der Waals surface area contributed by atoms with Crippen LogP contribution in [0.2, 0.25) is 0 Å². The van der Waals surface area contributed by atoms with Gasteiger partial charge in [-0.3, -0.25) is 0 Å². The van der Waals surface area contributed by atoms with Gasteiger partial charge >= 0.3 is 11.9 Å². The summed E-state index contributed by atoms with van der Waals surface area (Å²) in [5, 5.41) is 0. The maximum absolute atomic E-state index is 11.3. The summed E-state index contributed by atoms with van der Waals surface area (Å²) in [6.07, 6.45) is 5.07. The van der Waals surface area contributed by atoms with Gasteiger partial charge in [-0.15, -0.1) is 0 Å². The fraction of sp³-hybridized carbons (Fsp3) is 0.514. The van der Waals surface area contributed by atoms with Crippen LogP contribution >= 0.6 is 0 Å². The van der Waals surface area contributed by atoms with E-state index in [1.165, 1.54) is 30.4 Å². The molecule has 2 aliphatic rings. The summed E-state index contributed by atoms with van der Waals surface area (Å²) in [7, 11) is 0. The number of hydrogen-bond acceptors (Lipinski definition) is 8. The molecule has 2 saturated carbocycles. The number of benzene rings is 2. The Balaban J connectivity index is 1.21. The van der Waals surface area contributed by atoms with E-state index in [0.29, 0.717) is 44.2 Å². The van der Waals surface area contributed by atoms with Crippen molar-refractivity contribution in [2.75, 3.05) is 26.4 Å². The molecule has 0 spiro atoms. The molecular weight excluding hydrogens is 572 g/mol. The van der Waals surface area contributed by atoms with Crippen LogP contribution < -0.4 is 9.47 Å². The molecule has 8 nitrogen and oxygen atoms in total. The summed E-state index contributed by atoms with van der Waals surface area (Å²) in [5.74, 6) is 3.27. The second-order valence-electron chi connectivity index (χ2n) is 12.3. The topological polar surface area (TPSA) is 89.5 Å². The van der Waals surface area contributed by atoms with Gasteiger partial charge in [0.15, 0.2) is 0 Å². The van der Waals surface area contributed by atoms with E-state index in [0.717, 1.165) is 29.6 Å². The molecule has 8 atom stereocenters. The van der Waals surface area contributed by atoms with Crippen molar-refractivity contribution in [2.45, 2.75) is 83.2 Å². The van der Waals surface area contributed by atoms with Gasteiger partial charge in [0.05, 0.1) is 25.4 Å². The first kappa shape index (κ1) is 34.3. The number of hydrogen-bond donors (Lipinski definition) is 0. The van der Waals surface area contributed by atoms with Gasteiger partial charge in [-0.25, -0.2) is 9.59 Å². The lowest BCUT2D eigenvalue weighted by atomic mass is 9.60. The Bertz CT molecular complexity index is 1260. The lowest BCUT2D eigenvalue weighted by Crippen LogP contribution is -2.33. The molecule has 0 bridgehead atoms. The molecule has 244 valence electrons. The predicted octanol–water partition coefficient (Wildman–Crippen LogP) is 6.79. The first-order valence-electron chi connectivity index (χ1n) is 16.0. The molecule has 0 aromatic heterocycles. The molecule has 0 radical (unpaired) electrons. The highest BCUT2D eigenvalue weighted by Crippen LogP contribution is 2.61. The second kappa shape index (κ2) is 16.6. The van der Waals surface area contributed by atoms with Crippen LogP contribution in [0.5, 0.6) is 11.5 Å².